The Balaban J connectivity index is 1.30. The maximum Gasteiger partial charge on any atom is 0.224 e. The van der Waals surface area contributed by atoms with E-state index in [-0.39, 0.29) is 5.91 Å². The number of hydrogen-bond acceptors (Lipinski definition) is 5. The second kappa shape index (κ2) is 9.59. The van der Waals surface area contributed by atoms with Crippen molar-refractivity contribution in [3.8, 4) is 0 Å². The van der Waals surface area contributed by atoms with Crippen molar-refractivity contribution >= 4 is 40.4 Å². The summed E-state index contributed by atoms with van der Waals surface area (Å²) in [6.45, 7) is 2.13. The van der Waals surface area contributed by atoms with E-state index < -0.39 is 0 Å². The van der Waals surface area contributed by atoms with Crippen molar-refractivity contribution < 1.29 is 4.79 Å². The summed E-state index contributed by atoms with van der Waals surface area (Å²) in [6, 6.07) is 17.2. The summed E-state index contributed by atoms with van der Waals surface area (Å²) in [5, 5.41) is 15.2. The van der Waals surface area contributed by atoms with Crippen molar-refractivity contribution in [3.05, 3.63) is 71.4 Å². The van der Waals surface area contributed by atoms with Crippen LogP contribution >= 0.6 is 11.6 Å². The SMILES string of the molecule is O=C(CCc1cccc(Cl)c1)Nc1ccc(Nc2cc(N3CCCC3)cnn2)cc1. The van der Waals surface area contributed by atoms with Crippen molar-refractivity contribution in [2.45, 2.75) is 25.7 Å². The number of aryl methyl sites for hydroxylation is 1. The highest BCUT2D eigenvalue weighted by atomic mass is 35.5. The van der Waals surface area contributed by atoms with Gasteiger partial charge in [-0.3, -0.25) is 4.79 Å². The molecule has 30 heavy (non-hydrogen) atoms. The lowest BCUT2D eigenvalue weighted by Crippen LogP contribution is -2.18. The van der Waals surface area contributed by atoms with E-state index in [0.717, 1.165) is 35.7 Å². The highest BCUT2D eigenvalue weighted by molar-refractivity contribution is 6.30. The zero-order valence-electron chi connectivity index (χ0n) is 16.6. The minimum absolute atomic E-state index is 0.0279. The molecule has 1 aliphatic rings. The zero-order chi connectivity index (χ0) is 20.8. The minimum atomic E-state index is -0.0279. The lowest BCUT2D eigenvalue weighted by molar-refractivity contribution is -0.116. The number of carbonyl (C=O) groups is 1. The van der Waals surface area contributed by atoms with E-state index in [1.807, 2.05) is 54.6 Å². The Bertz CT molecular complexity index is 1000. The van der Waals surface area contributed by atoms with Gasteiger partial charge in [0.05, 0.1) is 11.9 Å². The molecule has 1 amide bonds. The highest BCUT2D eigenvalue weighted by Crippen LogP contribution is 2.23. The Morgan fingerprint density at radius 3 is 2.57 bits per heavy atom. The smallest absolute Gasteiger partial charge is 0.224 e. The zero-order valence-corrected chi connectivity index (χ0v) is 17.4. The molecule has 0 unspecified atom stereocenters. The van der Waals surface area contributed by atoms with Gasteiger partial charge in [-0.25, -0.2) is 0 Å². The summed E-state index contributed by atoms with van der Waals surface area (Å²) in [6.07, 6.45) is 5.30. The predicted octanol–water partition coefficient (Wildman–Crippen LogP) is 5.05. The monoisotopic (exact) mass is 421 g/mol. The Morgan fingerprint density at radius 2 is 1.80 bits per heavy atom. The van der Waals surface area contributed by atoms with Crippen LogP contribution in [0, 0.1) is 0 Å². The molecule has 2 heterocycles. The van der Waals surface area contributed by atoms with E-state index in [4.69, 9.17) is 11.6 Å². The number of anilines is 4. The van der Waals surface area contributed by atoms with Crippen LogP contribution in [0.4, 0.5) is 22.9 Å². The van der Waals surface area contributed by atoms with Crippen LogP contribution in [0.5, 0.6) is 0 Å². The molecule has 154 valence electrons. The van der Waals surface area contributed by atoms with Gasteiger partial charge in [-0.2, -0.15) is 5.10 Å². The summed E-state index contributed by atoms with van der Waals surface area (Å²) in [5.41, 5.74) is 3.79. The molecule has 6 nitrogen and oxygen atoms in total. The highest BCUT2D eigenvalue weighted by Gasteiger charge is 2.13. The van der Waals surface area contributed by atoms with Crippen molar-refractivity contribution in [1.29, 1.82) is 0 Å². The lowest BCUT2D eigenvalue weighted by atomic mass is 10.1. The number of aromatic nitrogens is 2. The summed E-state index contributed by atoms with van der Waals surface area (Å²) in [7, 11) is 0. The van der Waals surface area contributed by atoms with Gasteiger partial charge in [0.1, 0.15) is 0 Å². The summed E-state index contributed by atoms with van der Waals surface area (Å²) < 4.78 is 0. The third kappa shape index (κ3) is 5.48. The fourth-order valence-electron chi connectivity index (χ4n) is 3.52. The van der Waals surface area contributed by atoms with Gasteiger partial charge >= 0.3 is 0 Å². The topological polar surface area (TPSA) is 70.2 Å². The van der Waals surface area contributed by atoms with Crippen molar-refractivity contribution in [2.24, 2.45) is 0 Å². The van der Waals surface area contributed by atoms with Gasteiger partial charge < -0.3 is 15.5 Å². The number of nitrogens with zero attached hydrogens (tertiary/aromatic N) is 3. The average molecular weight is 422 g/mol. The van der Waals surface area contributed by atoms with Gasteiger partial charge in [-0.05, 0) is 61.2 Å². The van der Waals surface area contributed by atoms with Gasteiger partial charge in [-0.15, -0.1) is 5.10 Å². The third-order valence-electron chi connectivity index (χ3n) is 5.08. The van der Waals surface area contributed by atoms with Crippen molar-refractivity contribution in [1.82, 2.24) is 10.2 Å². The molecule has 0 atom stereocenters. The van der Waals surface area contributed by atoms with Crippen LogP contribution < -0.4 is 15.5 Å². The molecule has 0 aliphatic carbocycles. The molecule has 1 saturated heterocycles. The molecule has 4 rings (SSSR count). The number of halogens is 1. The Hall–Kier alpha value is -3.12. The van der Waals surface area contributed by atoms with E-state index in [2.05, 4.69) is 25.7 Å². The maximum absolute atomic E-state index is 12.2. The lowest BCUT2D eigenvalue weighted by Gasteiger charge is -2.17. The van der Waals surface area contributed by atoms with E-state index in [0.29, 0.717) is 23.7 Å². The van der Waals surface area contributed by atoms with Gasteiger partial charge in [0.25, 0.3) is 0 Å². The summed E-state index contributed by atoms with van der Waals surface area (Å²) >= 11 is 5.99. The second-order valence-corrected chi connectivity index (χ2v) is 7.81. The number of hydrogen-bond donors (Lipinski definition) is 2. The number of nitrogens with one attached hydrogen (secondary N) is 2. The predicted molar refractivity (Wildman–Crippen MR) is 122 cm³/mol. The van der Waals surface area contributed by atoms with Crippen LogP contribution in [0.15, 0.2) is 60.8 Å². The minimum Gasteiger partial charge on any atom is -0.370 e. The second-order valence-electron chi connectivity index (χ2n) is 7.37. The molecule has 0 spiro atoms. The van der Waals surface area contributed by atoms with Crippen LogP contribution in [0.3, 0.4) is 0 Å². The molecule has 0 bridgehead atoms. The van der Waals surface area contributed by atoms with Crippen LogP contribution in [-0.4, -0.2) is 29.2 Å². The number of carbonyl (C=O) groups excluding carboxylic acids is 1. The van der Waals surface area contributed by atoms with Gasteiger partial charge in [-0.1, -0.05) is 23.7 Å². The fraction of sp³-hybridized carbons (Fsp3) is 0.261. The average Bonchev–Trinajstić information content (AvgIpc) is 3.29. The molecule has 0 radical (unpaired) electrons. The molecule has 7 heteroatoms. The Labute approximate surface area is 181 Å². The molecular weight excluding hydrogens is 398 g/mol. The quantitative estimate of drug-likeness (QED) is 0.559. The van der Waals surface area contributed by atoms with Crippen LogP contribution in [0.25, 0.3) is 0 Å². The standard InChI is InChI=1S/C23H24ClN5O/c24-18-5-3-4-17(14-18)6-11-23(30)27-20-9-7-19(8-10-20)26-22-15-21(16-25-28-22)29-12-1-2-13-29/h3-5,7-10,14-16H,1-2,6,11-13H2,(H,26,28)(H,27,30). The van der Waals surface area contributed by atoms with E-state index >= 15 is 0 Å². The normalized spacial score (nSPS) is 13.3. The van der Waals surface area contributed by atoms with Crippen molar-refractivity contribution in [3.63, 3.8) is 0 Å². The molecular formula is C23H24ClN5O. The number of amides is 1. The number of rotatable bonds is 7. The van der Waals surface area contributed by atoms with Crippen LogP contribution in [0.2, 0.25) is 5.02 Å². The Morgan fingerprint density at radius 1 is 1.03 bits per heavy atom. The summed E-state index contributed by atoms with van der Waals surface area (Å²) in [4.78, 5) is 14.5. The third-order valence-corrected chi connectivity index (χ3v) is 5.32. The van der Waals surface area contributed by atoms with Gasteiger partial charge in [0.15, 0.2) is 5.82 Å². The molecule has 2 N–H and O–H groups in total. The van der Waals surface area contributed by atoms with E-state index in [1.54, 1.807) is 6.20 Å². The van der Waals surface area contributed by atoms with Crippen LogP contribution in [-0.2, 0) is 11.2 Å². The molecule has 3 aromatic rings. The first kappa shape index (κ1) is 20.2. The number of benzene rings is 2. The molecule has 1 aromatic heterocycles. The molecule has 0 saturated carbocycles. The van der Waals surface area contributed by atoms with E-state index in [9.17, 15) is 4.79 Å². The van der Waals surface area contributed by atoms with Gasteiger partial charge in [0.2, 0.25) is 5.91 Å². The molecule has 1 aliphatic heterocycles. The Kier molecular flexibility index (Phi) is 6.44. The first-order chi connectivity index (χ1) is 14.7. The summed E-state index contributed by atoms with van der Waals surface area (Å²) in [5.74, 6) is 0.678. The molecule has 1 fully saturated rings. The first-order valence-corrected chi connectivity index (χ1v) is 10.5. The largest absolute Gasteiger partial charge is 0.370 e. The van der Waals surface area contributed by atoms with E-state index in [1.165, 1.54) is 12.8 Å². The maximum atomic E-state index is 12.2. The van der Waals surface area contributed by atoms with Crippen molar-refractivity contribution in [2.75, 3.05) is 28.6 Å². The van der Waals surface area contributed by atoms with Gasteiger partial charge in [0, 0.05) is 42.0 Å². The molecule has 2 aromatic carbocycles. The first-order valence-electron chi connectivity index (χ1n) is 10.1. The fourth-order valence-corrected chi connectivity index (χ4v) is 3.74. The van der Waals surface area contributed by atoms with Crippen LogP contribution in [0.1, 0.15) is 24.8 Å².